The molecule has 1 aromatic heterocycles. The summed E-state index contributed by atoms with van der Waals surface area (Å²) in [6, 6.07) is 7.47. The van der Waals surface area contributed by atoms with Crippen LogP contribution >= 0.6 is 0 Å². The highest BCUT2D eigenvalue weighted by Gasteiger charge is 2.26. The smallest absolute Gasteiger partial charge is 0.308 e. The van der Waals surface area contributed by atoms with Crippen molar-refractivity contribution in [1.82, 2.24) is 9.88 Å². The number of nitrogens with one attached hydrogen (secondary N) is 2. The van der Waals surface area contributed by atoms with Crippen LogP contribution in [0.1, 0.15) is 19.3 Å². The van der Waals surface area contributed by atoms with Crippen LogP contribution in [0.25, 0.3) is 10.9 Å². The van der Waals surface area contributed by atoms with E-state index in [-0.39, 0.29) is 18.4 Å². The number of carbonyl (C=O) groups excluding carboxylic acids is 1. The van der Waals surface area contributed by atoms with Gasteiger partial charge in [-0.3, -0.25) is 9.59 Å². The van der Waals surface area contributed by atoms with Crippen molar-refractivity contribution in [2.24, 2.45) is 5.92 Å². The van der Waals surface area contributed by atoms with Crippen molar-refractivity contribution in [3.63, 3.8) is 0 Å². The number of amides is 1. The summed E-state index contributed by atoms with van der Waals surface area (Å²) in [6.07, 6.45) is 2.75. The summed E-state index contributed by atoms with van der Waals surface area (Å²) < 4.78 is 0. The van der Waals surface area contributed by atoms with E-state index >= 15 is 0 Å². The first-order valence-electron chi connectivity index (χ1n) is 8.51. The first kappa shape index (κ1) is 17.4. The fourth-order valence-electron chi connectivity index (χ4n) is 3.20. The number of aromatic nitrogens is 1. The predicted octanol–water partition coefficient (Wildman–Crippen LogP) is 1.65. The molecule has 3 rings (SSSR count). The molecule has 7 heteroatoms. The molecule has 2 heterocycles. The molecule has 1 aliphatic rings. The van der Waals surface area contributed by atoms with Crippen molar-refractivity contribution in [3.8, 4) is 0 Å². The van der Waals surface area contributed by atoms with Crippen molar-refractivity contribution in [3.05, 3.63) is 30.5 Å². The second-order valence-electron chi connectivity index (χ2n) is 6.60. The zero-order chi connectivity index (χ0) is 17.8. The normalized spacial score (nSPS) is 17.5. The summed E-state index contributed by atoms with van der Waals surface area (Å²) in [6.45, 7) is 1.65. The second-order valence-corrected chi connectivity index (χ2v) is 6.60. The average molecular weight is 345 g/mol. The third kappa shape index (κ3) is 4.58. The number of hydrogen-bond donors (Lipinski definition) is 4. The van der Waals surface area contributed by atoms with Crippen molar-refractivity contribution < 1.29 is 19.8 Å². The van der Waals surface area contributed by atoms with Gasteiger partial charge in [0.25, 0.3) is 0 Å². The molecule has 25 heavy (non-hydrogen) atoms. The molecule has 0 saturated carbocycles. The van der Waals surface area contributed by atoms with Gasteiger partial charge in [-0.1, -0.05) is 6.07 Å². The summed E-state index contributed by atoms with van der Waals surface area (Å²) >= 11 is 0. The topological polar surface area (TPSA) is 106 Å². The lowest BCUT2D eigenvalue weighted by atomic mass is 10.0. The number of H-pyrrole nitrogens is 1. The quantitative estimate of drug-likeness (QED) is 0.637. The molecule has 0 radical (unpaired) electrons. The van der Waals surface area contributed by atoms with Crippen LogP contribution in [0.5, 0.6) is 0 Å². The van der Waals surface area contributed by atoms with Crippen molar-refractivity contribution in [2.75, 3.05) is 25.0 Å². The highest BCUT2D eigenvalue weighted by Crippen LogP contribution is 2.19. The number of carbonyl (C=O) groups is 2. The molecular weight excluding hydrogens is 322 g/mol. The van der Waals surface area contributed by atoms with E-state index in [1.807, 2.05) is 29.3 Å². The van der Waals surface area contributed by atoms with Gasteiger partial charge in [0, 0.05) is 43.5 Å². The lowest BCUT2D eigenvalue weighted by Crippen LogP contribution is -2.41. The van der Waals surface area contributed by atoms with Crippen molar-refractivity contribution in [1.29, 1.82) is 0 Å². The van der Waals surface area contributed by atoms with Crippen LogP contribution in [-0.4, -0.2) is 57.7 Å². The Morgan fingerprint density at radius 1 is 1.28 bits per heavy atom. The zero-order valence-electron chi connectivity index (χ0n) is 13.9. The van der Waals surface area contributed by atoms with Crippen LogP contribution in [0.15, 0.2) is 30.5 Å². The number of fused-ring (bicyclic) bond motifs is 1. The molecule has 4 N–H and O–H groups in total. The van der Waals surface area contributed by atoms with E-state index in [0.29, 0.717) is 38.2 Å². The summed E-state index contributed by atoms with van der Waals surface area (Å²) in [5, 5.41) is 22.8. The number of piperidine rings is 1. The van der Waals surface area contributed by atoms with Gasteiger partial charge in [-0.15, -0.1) is 0 Å². The Kier molecular flexibility index (Phi) is 5.35. The Labute approximate surface area is 145 Å². The Hall–Kier alpha value is -2.38. The Morgan fingerprint density at radius 2 is 2.04 bits per heavy atom. The standard InChI is InChI=1S/C18H23N3O4/c22-15-4-7-21(8-5-15)11-13(18(24)25)9-17(23)20-14-2-1-12-3-6-19-16(12)10-14/h1-3,6,10,13,15,19,22H,4-5,7-9,11H2,(H,20,23)(H,24,25)/t13-/m0/s1. The van der Waals surface area contributed by atoms with E-state index in [2.05, 4.69) is 10.3 Å². The molecular formula is C18H23N3O4. The number of benzene rings is 1. The number of anilines is 1. The van der Waals surface area contributed by atoms with Crippen LogP contribution < -0.4 is 5.32 Å². The average Bonchev–Trinajstić information content (AvgIpc) is 3.03. The number of aliphatic hydroxyl groups is 1. The maximum absolute atomic E-state index is 12.3. The molecule has 0 unspecified atom stereocenters. The molecule has 1 fully saturated rings. The number of hydrogen-bond acceptors (Lipinski definition) is 4. The molecule has 1 aromatic carbocycles. The van der Waals surface area contributed by atoms with E-state index in [1.54, 1.807) is 6.07 Å². The third-order valence-electron chi connectivity index (χ3n) is 4.66. The third-order valence-corrected chi connectivity index (χ3v) is 4.66. The van der Waals surface area contributed by atoms with Gasteiger partial charge in [-0.2, -0.15) is 0 Å². The van der Waals surface area contributed by atoms with Crippen molar-refractivity contribution in [2.45, 2.75) is 25.4 Å². The molecule has 2 aromatic rings. The predicted molar refractivity (Wildman–Crippen MR) is 94.4 cm³/mol. The number of likely N-dealkylation sites (tertiary alicyclic amines) is 1. The van der Waals surface area contributed by atoms with Crippen LogP contribution in [0.4, 0.5) is 5.69 Å². The van der Waals surface area contributed by atoms with Crippen LogP contribution in [0.2, 0.25) is 0 Å². The summed E-state index contributed by atoms with van der Waals surface area (Å²) in [7, 11) is 0. The lowest BCUT2D eigenvalue weighted by molar-refractivity contribution is -0.144. The first-order valence-corrected chi connectivity index (χ1v) is 8.51. The van der Waals surface area contributed by atoms with E-state index in [4.69, 9.17) is 0 Å². The lowest BCUT2D eigenvalue weighted by Gasteiger charge is -2.31. The second kappa shape index (κ2) is 7.67. The number of carboxylic acids is 1. The SMILES string of the molecule is O=C(C[C@@H](CN1CCC(O)CC1)C(=O)O)Nc1ccc2cc[nH]c2c1. The van der Waals surface area contributed by atoms with E-state index in [0.717, 1.165) is 10.9 Å². The summed E-state index contributed by atoms with van der Waals surface area (Å²) in [5.41, 5.74) is 1.56. The molecule has 0 bridgehead atoms. The molecule has 1 atom stereocenters. The Balaban J connectivity index is 1.57. The van der Waals surface area contributed by atoms with E-state index in [9.17, 15) is 19.8 Å². The zero-order valence-corrected chi connectivity index (χ0v) is 13.9. The van der Waals surface area contributed by atoms with Crippen molar-refractivity contribution >= 4 is 28.5 Å². The molecule has 134 valence electrons. The van der Waals surface area contributed by atoms with Gasteiger partial charge in [0.05, 0.1) is 12.0 Å². The van der Waals surface area contributed by atoms with Gasteiger partial charge in [0.2, 0.25) is 5.91 Å². The number of aromatic amines is 1. The van der Waals surface area contributed by atoms with Gasteiger partial charge >= 0.3 is 5.97 Å². The Morgan fingerprint density at radius 3 is 2.76 bits per heavy atom. The molecule has 0 aliphatic carbocycles. The molecule has 1 amide bonds. The van der Waals surface area contributed by atoms with Gasteiger partial charge in [-0.05, 0) is 36.4 Å². The van der Waals surface area contributed by atoms with Crippen LogP contribution in [0.3, 0.4) is 0 Å². The summed E-state index contributed by atoms with van der Waals surface area (Å²) in [4.78, 5) is 28.8. The molecule has 1 saturated heterocycles. The number of aliphatic hydroxyl groups excluding tert-OH is 1. The monoisotopic (exact) mass is 345 g/mol. The maximum Gasteiger partial charge on any atom is 0.308 e. The number of carboxylic acid groups (broad SMARTS) is 1. The molecule has 7 nitrogen and oxygen atoms in total. The maximum atomic E-state index is 12.3. The van der Waals surface area contributed by atoms with Crippen LogP contribution in [0, 0.1) is 5.92 Å². The number of aliphatic carboxylic acids is 1. The van der Waals surface area contributed by atoms with Crippen LogP contribution in [-0.2, 0) is 9.59 Å². The molecule has 0 spiro atoms. The number of nitrogens with zero attached hydrogens (tertiary/aromatic N) is 1. The summed E-state index contributed by atoms with van der Waals surface area (Å²) in [5.74, 6) is -2.04. The van der Waals surface area contributed by atoms with E-state index in [1.165, 1.54) is 0 Å². The first-order chi connectivity index (χ1) is 12.0. The fraction of sp³-hybridized carbons (Fsp3) is 0.444. The minimum absolute atomic E-state index is 0.0723. The van der Waals surface area contributed by atoms with Gasteiger partial charge in [-0.25, -0.2) is 0 Å². The Bertz CT molecular complexity index is 750. The minimum Gasteiger partial charge on any atom is -0.481 e. The van der Waals surface area contributed by atoms with Gasteiger partial charge < -0.3 is 25.4 Å². The highest BCUT2D eigenvalue weighted by atomic mass is 16.4. The van der Waals surface area contributed by atoms with Gasteiger partial charge in [0.15, 0.2) is 0 Å². The fourth-order valence-corrected chi connectivity index (χ4v) is 3.20. The molecule has 1 aliphatic heterocycles. The van der Waals surface area contributed by atoms with E-state index < -0.39 is 11.9 Å². The largest absolute Gasteiger partial charge is 0.481 e. The van der Waals surface area contributed by atoms with Gasteiger partial charge in [0.1, 0.15) is 0 Å². The highest BCUT2D eigenvalue weighted by molar-refractivity contribution is 5.95. The minimum atomic E-state index is -0.971. The number of rotatable bonds is 6.